The van der Waals surface area contributed by atoms with Crippen LogP contribution in [0.25, 0.3) is 11.4 Å². The lowest BCUT2D eigenvalue weighted by Crippen LogP contribution is -2.18. The van der Waals surface area contributed by atoms with E-state index < -0.39 is 5.91 Å². The molecule has 1 amide bonds. The summed E-state index contributed by atoms with van der Waals surface area (Å²) in [6.07, 6.45) is 3.47. The number of amides is 1. The number of aromatic nitrogens is 4. The molecule has 1 aromatic carbocycles. The van der Waals surface area contributed by atoms with E-state index in [1.54, 1.807) is 42.1 Å². The van der Waals surface area contributed by atoms with E-state index in [4.69, 9.17) is 5.21 Å². The molecule has 0 aliphatic carbocycles. The van der Waals surface area contributed by atoms with Crippen molar-refractivity contribution in [2.75, 3.05) is 5.32 Å². The summed E-state index contributed by atoms with van der Waals surface area (Å²) in [5.74, 6) is 0.740. The van der Waals surface area contributed by atoms with Gasteiger partial charge in [-0.3, -0.25) is 10.0 Å². The second kappa shape index (κ2) is 7.32. The Bertz CT molecular complexity index is 935. The SMILES string of the molecule is Cc1ncc(-c2ccnc(Nc3cccc(C(=O)NO)c3)n2)n1C(C)C. The maximum atomic E-state index is 11.5. The first-order chi connectivity index (χ1) is 12.5. The molecule has 0 unspecified atom stereocenters. The quantitative estimate of drug-likeness (QED) is 0.481. The topological polar surface area (TPSA) is 105 Å². The van der Waals surface area contributed by atoms with Gasteiger partial charge in [0, 0.05) is 23.5 Å². The highest BCUT2D eigenvalue weighted by molar-refractivity contribution is 5.94. The number of benzene rings is 1. The van der Waals surface area contributed by atoms with Crippen molar-refractivity contribution in [2.24, 2.45) is 0 Å². The van der Waals surface area contributed by atoms with Crippen LogP contribution in [-0.2, 0) is 0 Å². The summed E-state index contributed by atoms with van der Waals surface area (Å²) in [5.41, 5.74) is 4.24. The van der Waals surface area contributed by atoms with Crippen molar-refractivity contribution in [2.45, 2.75) is 26.8 Å². The molecule has 0 fully saturated rings. The number of anilines is 2. The van der Waals surface area contributed by atoms with Crippen LogP contribution in [0.1, 0.15) is 36.1 Å². The maximum Gasteiger partial charge on any atom is 0.274 e. The number of hydrogen-bond donors (Lipinski definition) is 3. The fourth-order valence-electron chi connectivity index (χ4n) is 2.79. The first-order valence-corrected chi connectivity index (χ1v) is 8.18. The molecule has 8 nitrogen and oxygen atoms in total. The Labute approximate surface area is 150 Å². The summed E-state index contributed by atoms with van der Waals surface area (Å²) in [5, 5.41) is 11.8. The van der Waals surface area contributed by atoms with Gasteiger partial charge < -0.3 is 9.88 Å². The van der Waals surface area contributed by atoms with Crippen LogP contribution >= 0.6 is 0 Å². The lowest BCUT2D eigenvalue weighted by atomic mass is 10.2. The number of nitrogens with one attached hydrogen (secondary N) is 2. The van der Waals surface area contributed by atoms with E-state index in [1.165, 1.54) is 0 Å². The molecular formula is C18H20N6O2. The first kappa shape index (κ1) is 17.6. The Balaban J connectivity index is 1.90. The number of carbonyl (C=O) groups is 1. The van der Waals surface area contributed by atoms with Gasteiger partial charge in [0.15, 0.2) is 0 Å². The number of hydroxylamine groups is 1. The highest BCUT2D eigenvalue weighted by Crippen LogP contribution is 2.24. The summed E-state index contributed by atoms with van der Waals surface area (Å²) >= 11 is 0. The number of carbonyl (C=O) groups excluding carboxylic acids is 1. The molecule has 0 atom stereocenters. The molecule has 26 heavy (non-hydrogen) atoms. The predicted molar refractivity (Wildman–Crippen MR) is 97.4 cm³/mol. The van der Waals surface area contributed by atoms with Crippen molar-refractivity contribution in [3.8, 4) is 11.4 Å². The summed E-state index contributed by atoms with van der Waals surface area (Å²) in [6.45, 7) is 6.15. The Kier molecular flexibility index (Phi) is 4.94. The normalized spacial score (nSPS) is 10.8. The summed E-state index contributed by atoms with van der Waals surface area (Å²) in [7, 11) is 0. The van der Waals surface area contributed by atoms with Gasteiger partial charge in [0.2, 0.25) is 5.95 Å². The summed E-state index contributed by atoms with van der Waals surface area (Å²) < 4.78 is 2.11. The van der Waals surface area contributed by atoms with Crippen LogP contribution in [0.2, 0.25) is 0 Å². The third-order valence-electron chi connectivity index (χ3n) is 3.90. The third kappa shape index (κ3) is 3.55. The molecule has 0 aliphatic heterocycles. The van der Waals surface area contributed by atoms with Crippen LogP contribution in [0.3, 0.4) is 0 Å². The zero-order valence-corrected chi connectivity index (χ0v) is 14.8. The molecular weight excluding hydrogens is 332 g/mol. The lowest BCUT2D eigenvalue weighted by Gasteiger charge is -2.14. The van der Waals surface area contributed by atoms with Crippen LogP contribution in [-0.4, -0.2) is 30.6 Å². The second-order valence-corrected chi connectivity index (χ2v) is 6.07. The van der Waals surface area contributed by atoms with Gasteiger partial charge >= 0.3 is 0 Å². The van der Waals surface area contributed by atoms with Crippen LogP contribution in [0, 0.1) is 6.92 Å². The number of hydrogen-bond acceptors (Lipinski definition) is 6. The average Bonchev–Trinajstić information content (AvgIpc) is 3.03. The van der Waals surface area contributed by atoms with Crippen LogP contribution < -0.4 is 10.8 Å². The molecule has 134 valence electrons. The van der Waals surface area contributed by atoms with Gasteiger partial charge in [0.05, 0.1) is 17.6 Å². The third-order valence-corrected chi connectivity index (χ3v) is 3.90. The van der Waals surface area contributed by atoms with E-state index in [0.29, 0.717) is 17.2 Å². The number of rotatable bonds is 5. The molecule has 0 bridgehead atoms. The molecule has 3 rings (SSSR count). The van der Waals surface area contributed by atoms with Crippen LogP contribution in [0.15, 0.2) is 42.7 Å². The predicted octanol–water partition coefficient (Wildman–Crippen LogP) is 3.09. The minimum absolute atomic E-state index is 0.257. The molecule has 2 heterocycles. The average molecular weight is 352 g/mol. The lowest BCUT2D eigenvalue weighted by molar-refractivity contribution is 0.0706. The van der Waals surface area contributed by atoms with Gasteiger partial charge in [-0.25, -0.2) is 20.4 Å². The van der Waals surface area contributed by atoms with Crippen molar-refractivity contribution in [1.82, 2.24) is 25.0 Å². The summed E-state index contributed by atoms with van der Waals surface area (Å²) in [4.78, 5) is 24.7. The Morgan fingerprint density at radius 3 is 2.77 bits per heavy atom. The number of imidazole rings is 1. The Hall–Kier alpha value is -3.26. The van der Waals surface area contributed by atoms with E-state index >= 15 is 0 Å². The van der Waals surface area contributed by atoms with Gasteiger partial charge in [0.25, 0.3) is 5.91 Å². The van der Waals surface area contributed by atoms with Crippen molar-refractivity contribution in [3.63, 3.8) is 0 Å². The molecule has 0 radical (unpaired) electrons. The standard InChI is InChI=1S/C18H20N6O2/c1-11(2)24-12(3)20-10-16(24)15-7-8-19-18(22-15)21-14-6-4-5-13(9-14)17(25)23-26/h4-11,26H,1-3H3,(H,23,25)(H,19,21,22). The van der Waals surface area contributed by atoms with Crippen molar-refractivity contribution < 1.29 is 10.0 Å². The first-order valence-electron chi connectivity index (χ1n) is 8.18. The highest BCUT2D eigenvalue weighted by Gasteiger charge is 2.13. The Morgan fingerprint density at radius 2 is 2.04 bits per heavy atom. The minimum Gasteiger partial charge on any atom is -0.324 e. The monoisotopic (exact) mass is 352 g/mol. The number of nitrogens with zero attached hydrogens (tertiary/aromatic N) is 4. The molecule has 0 saturated heterocycles. The minimum atomic E-state index is -0.584. The largest absolute Gasteiger partial charge is 0.324 e. The fraction of sp³-hybridized carbons (Fsp3) is 0.222. The molecule has 0 aliphatic rings. The van der Waals surface area contributed by atoms with Gasteiger partial charge in [-0.05, 0) is 45.0 Å². The second-order valence-electron chi connectivity index (χ2n) is 6.07. The maximum absolute atomic E-state index is 11.5. The van der Waals surface area contributed by atoms with Crippen LogP contribution in [0.5, 0.6) is 0 Å². The summed E-state index contributed by atoms with van der Waals surface area (Å²) in [6, 6.07) is 8.77. The smallest absolute Gasteiger partial charge is 0.274 e. The van der Waals surface area contributed by atoms with E-state index in [9.17, 15) is 4.79 Å². The molecule has 3 N–H and O–H groups in total. The van der Waals surface area contributed by atoms with E-state index in [1.807, 2.05) is 13.0 Å². The van der Waals surface area contributed by atoms with Gasteiger partial charge in [-0.2, -0.15) is 0 Å². The number of aryl methyl sites for hydroxylation is 1. The van der Waals surface area contributed by atoms with E-state index in [0.717, 1.165) is 17.2 Å². The van der Waals surface area contributed by atoms with E-state index in [2.05, 4.69) is 38.7 Å². The zero-order valence-electron chi connectivity index (χ0n) is 14.8. The van der Waals surface area contributed by atoms with Crippen molar-refractivity contribution in [1.29, 1.82) is 0 Å². The van der Waals surface area contributed by atoms with Gasteiger partial charge in [0.1, 0.15) is 5.82 Å². The molecule has 0 saturated carbocycles. The van der Waals surface area contributed by atoms with Crippen molar-refractivity contribution in [3.05, 3.63) is 54.1 Å². The Morgan fingerprint density at radius 1 is 1.23 bits per heavy atom. The van der Waals surface area contributed by atoms with Crippen LogP contribution in [0.4, 0.5) is 11.6 Å². The van der Waals surface area contributed by atoms with Gasteiger partial charge in [-0.15, -0.1) is 0 Å². The highest BCUT2D eigenvalue weighted by atomic mass is 16.5. The van der Waals surface area contributed by atoms with Gasteiger partial charge in [-0.1, -0.05) is 6.07 Å². The van der Waals surface area contributed by atoms with E-state index in [-0.39, 0.29) is 6.04 Å². The molecule has 3 aromatic rings. The molecule has 8 heteroatoms. The fourth-order valence-corrected chi connectivity index (χ4v) is 2.79. The molecule has 0 spiro atoms. The molecule has 2 aromatic heterocycles. The zero-order chi connectivity index (χ0) is 18.7. The van der Waals surface area contributed by atoms with Crippen molar-refractivity contribution >= 4 is 17.5 Å².